The van der Waals surface area contributed by atoms with E-state index in [2.05, 4.69) is 4.98 Å². The van der Waals surface area contributed by atoms with E-state index in [0.29, 0.717) is 16.8 Å². The first kappa shape index (κ1) is 12.2. The van der Waals surface area contributed by atoms with Crippen molar-refractivity contribution < 1.29 is 12.8 Å². The molecule has 0 fully saturated rings. The van der Waals surface area contributed by atoms with Crippen molar-refractivity contribution in [2.75, 3.05) is 5.73 Å². The van der Waals surface area contributed by atoms with E-state index in [0.717, 1.165) is 4.88 Å². The van der Waals surface area contributed by atoms with Crippen LogP contribution in [0.4, 0.5) is 5.69 Å². The van der Waals surface area contributed by atoms with Gasteiger partial charge in [0.15, 0.2) is 5.58 Å². The van der Waals surface area contributed by atoms with Crippen LogP contribution in [0.25, 0.3) is 11.1 Å². The largest absolute Gasteiger partial charge is 0.428 e. The number of benzene rings is 1. The molecule has 0 spiro atoms. The number of thiophene rings is 1. The number of rotatable bonds is 3. The maximum atomic E-state index is 12.2. The van der Waals surface area contributed by atoms with Gasteiger partial charge < -0.3 is 10.2 Å². The minimum atomic E-state index is -3.57. The van der Waals surface area contributed by atoms with Crippen molar-refractivity contribution in [3.63, 3.8) is 0 Å². The summed E-state index contributed by atoms with van der Waals surface area (Å²) >= 11 is 1.39. The summed E-state index contributed by atoms with van der Waals surface area (Å²) in [5.41, 5.74) is 6.99. The van der Waals surface area contributed by atoms with E-state index in [-0.39, 0.29) is 11.0 Å². The first-order valence-corrected chi connectivity index (χ1v) is 7.99. The number of anilines is 1. The van der Waals surface area contributed by atoms with Crippen molar-refractivity contribution in [1.29, 1.82) is 0 Å². The smallest absolute Gasteiger partial charge is 0.316 e. The van der Waals surface area contributed by atoms with Gasteiger partial charge in [-0.25, -0.2) is 8.42 Å². The molecule has 5 nitrogen and oxygen atoms in total. The van der Waals surface area contributed by atoms with Gasteiger partial charge in [-0.3, -0.25) is 0 Å². The summed E-state index contributed by atoms with van der Waals surface area (Å²) in [5, 5.41) is 1.57. The Balaban J connectivity index is 2.03. The number of nitrogens with two attached hydrogens (primary N) is 1. The average Bonchev–Trinajstić information content (AvgIpc) is 2.96. The van der Waals surface area contributed by atoms with Gasteiger partial charge in [0.05, 0.1) is 5.75 Å². The fourth-order valence-corrected chi connectivity index (χ4v) is 3.97. The normalized spacial score (nSPS) is 12.0. The lowest BCUT2D eigenvalue weighted by atomic mass is 10.3. The predicted octanol–water partition coefficient (Wildman–Crippen LogP) is 2.45. The van der Waals surface area contributed by atoms with Gasteiger partial charge in [-0.2, -0.15) is 4.98 Å². The van der Waals surface area contributed by atoms with E-state index in [4.69, 9.17) is 10.2 Å². The van der Waals surface area contributed by atoms with E-state index in [1.165, 1.54) is 11.3 Å². The van der Waals surface area contributed by atoms with Crippen LogP contribution in [0.15, 0.2) is 45.4 Å². The molecule has 0 bridgehead atoms. The van der Waals surface area contributed by atoms with E-state index in [1.807, 2.05) is 11.4 Å². The molecule has 0 amide bonds. The lowest BCUT2D eigenvalue weighted by molar-refractivity contribution is 0.458. The molecule has 0 aliphatic rings. The van der Waals surface area contributed by atoms with Crippen LogP contribution >= 0.6 is 11.3 Å². The molecule has 2 N–H and O–H groups in total. The number of hydrogen-bond acceptors (Lipinski definition) is 6. The lowest BCUT2D eigenvalue weighted by Crippen LogP contribution is -2.03. The molecule has 0 radical (unpaired) electrons. The molecule has 98 valence electrons. The number of sulfone groups is 1. The number of hydrogen-bond donors (Lipinski definition) is 1. The molecule has 2 aromatic heterocycles. The quantitative estimate of drug-likeness (QED) is 0.750. The van der Waals surface area contributed by atoms with Crippen LogP contribution in [0.2, 0.25) is 0 Å². The van der Waals surface area contributed by atoms with Gasteiger partial charge >= 0.3 is 5.22 Å². The molecule has 7 heteroatoms. The standard InChI is InChI=1S/C12H10N2O3S2/c13-8-3-4-10-11(6-8)17-12(14-10)19(15,16)7-9-2-1-5-18-9/h1-6H,7,13H2. The maximum Gasteiger partial charge on any atom is 0.316 e. The Bertz CT molecular complexity index is 820. The molecule has 1 aromatic carbocycles. The van der Waals surface area contributed by atoms with Gasteiger partial charge in [-0.1, -0.05) is 6.07 Å². The molecule has 2 heterocycles. The SMILES string of the molecule is Nc1ccc2nc(S(=O)(=O)Cc3cccs3)oc2c1. The number of aromatic nitrogens is 1. The van der Waals surface area contributed by atoms with Crippen molar-refractivity contribution >= 4 is 38.0 Å². The molecule has 3 aromatic rings. The summed E-state index contributed by atoms with van der Waals surface area (Å²) in [5.74, 6) is -0.104. The molecule has 0 atom stereocenters. The first-order valence-electron chi connectivity index (χ1n) is 5.46. The molecule has 0 aliphatic carbocycles. The van der Waals surface area contributed by atoms with Crippen LogP contribution in [0, 0.1) is 0 Å². The fraction of sp³-hybridized carbons (Fsp3) is 0.0833. The summed E-state index contributed by atoms with van der Waals surface area (Å²) in [4.78, 5) is 4.75. The monoisotopic (exact) mass is 294 g/mol. The Morgan fingerprint density at radius 3 is 2.89 bits per heavy atom. The van der Waals surface area contributed by atoms with Crippen LogP contribution in [-0.2, 0) is 15.6 Å². The topological polar surface area (TPSA) is 86.2 Å². The molecular formula is C12H10N2O3S2. The van der Waals surface area contributed by atoms with Crippen molar-refractivity contribution in [2.24, 2.45) is 0 Å². The third-order valence-electron chi connectivity index (χ3n) is 2.57. The van der Waals surface area contributed by atoms with Crippen LogP contribution in [0.5, 0.6) is 0 Å². The molecule has 0 saturated carbocycles. The molecule has 19 heavy (non-hydrogen) atoms. The number of oxazole rings is 1. The van der Waals surface area contributed by atoms with Crippen molar-refractivity contribution in [3.8, 4) is 0 Å². The molecule has 3 rings (SSSR count). The van der Waals surface area contributed by atoms with Crippen molar-refractivity contribution in [3.05, 3.63) is 40.6 Å². The summed E-state index contributed by atoms with van der Waals surface area (Å²) in [6.07, 6.45) is 0. The zero-order valence-electron chi connectivity index (χ0n) is 9.74. The van der Waals surface area contributed by atoms with Gasteiger partial charge in [0.1, 0.15) is 5.52 Å². The Morgan fingerprint density at radius 2 is 2.16 bits per heavy atom. The van der Waals surface area contributed by atoms with Gasteiger partial charge in [0.25, 0.3) is 0 Å². The van der Waals surface area contributed by atoms with Crippen LogP contribution < -0.4 is 5.73 Å². The van der Waals surface area contributed by atoms with E-state index in [1.54, 1.807) is 24.3 Å². The Hall–Kier alpha value is -1.86. The van der Waals surface area contributed by atoms with Crippen LogP contribution in [0.1, 0.15) is 4.88 Å². The van der Waals surface area contributed by atoms with Crippen molar-refractivity contribution in [2.45, 2.75) is 11.0 Å². The first-order chi connectivity index (χ1) is 9.04. The third kappa shape index (κ3) is 2.34. The summed E-state index contributed by atoms with van der Waals surface area (Å²) in [6.45, 7) is 0. The van der Waals surface area contributed by atoms with Gasteiger partial charge in [-0.15, -0.1) is 11.3 Å². The van der Waals surface area contributed by atoms with Gasteiger partial charge in [-0.05, 0) is 23.6 Å². The minimum Gasteiger partial charge on any atom is -0.428 e. The minimum absolute atomic E-state index is 0.104. The highest BCUT2D eigenvalue weighted by atomic mass is 32.2. The zero-order chi connectivity index (χ0) is 13.5. The lowest BCUT2D eigenvalue weighted by Gasteiger charge is -1.96. The zero-order valence-corrected chi connectivity index (χ0v) is 11.4. The second-order valence-corrected chi connectivity index (χ2v) is 6.95. The van der Waals surface area contributed by atoms with E-state index < -0.39 is 9.84 Å². The Morgan fingerprint density at radius 1 is 1.32 bits per heavy atom. The molecule has 0 saturated heterocycles. The number of nitrogens with zero attached hydrogens (tertiary/aromatic N) is 1. The summed E-state index contributed by atoms with van der Waals surface area (Å²) < 4.78 is 29.6. The van der Waals surface area contributed by atoms with Gasteiger partial charge in [0, 0.05) is 16.6 Å². The Labute approximate surface area is 113 Å². The van der Waals surface area contributed by atoms with E-state index in [9.17, 15) is 8.42 Å². The fourth-order valence-electron chi connectivity index (χ4n) is 1.70. The predicted molar refractivity (Wildman–Crippen MR) is 73.6 cm³/mol. The highest BCUT2D eigenvalue weighted by molar-refractivity contribution is 7.90. The number of fused-ring (bicyclic) bond motifs is 1. The van der Waals surface area contributed by atoms with Crippen molar-refractivity contribution in [1.82, 2.24) is 4.98 Å². The highest BCUT2D eigenvalue weighted by Gasteiger charge is 2.22. The van der Waals surface area contributed by atoms with E-state index >= 15 is 0 Å². The molecular weight excluding hydrogens is 284 g/mol. The molecule has 0 unspecified atom stereocenters. The summed E-state index contributed by atoms with van der Waals surface area (Å²) in [7, 11) is -3.57. The highest BCUT2D eigenvalue weighted by Crippen LogP contribution is 2.24. The Kier molecular flexibility index (Phi) is 2.79. The van der Waals surface area contributed by atoms with Gasteiger partial charge in [0.2, 0.25) is 9.84 Å². The van der Waals surface area contributed by atoms with Crippen LogP contribution in [0.3, 0.4) is 0 Å². The second-order valence-electron chi connectivity index (χ2n) is 4.05. The molecule has 0 aliphatic heterocycles. The second kappa shape index (κ2) is 4.36. The van der Waals surface area contributed by atoms with Crippen LogP contribution in [-0.4, -0.2) is 13.4 Å². The number of nitrogen functional groups attached to an aromatic ring is 1. The maximum absolute atomic E-state index is 12.2. The average molecular weight is 294 g/mol. The third-order valence-corrected chi connectivity index (χ3v) is 5.03. The summed E-state index contributed by atoms with van der Waals surface area (Å²) in [6, 6.07) is 8.43.